The normalized spacial score (nSPS) is 10.4. The van der Waals surface area contributed by atoms with Gasteiger partial charge in [-0.1, -0.05) is 12.1 Å². The Morgan fingerprint density at radius 2 is 1.92 bits per heavy atom. The molecule has 0 radical (unpaired) electrons. The summed E-state index contributed by atoms with van der Waals surface area (Å²) in [5.41, 5.74) is 1.49. The first-order valence-corrected chi connectivity index (χ1v) is 8.06. The molecular weight excluding hydrogens is 329 g/mol. The third-order valence-electron chi connectivity index (χ3n) is 3.33. The summed E-state index contributed by atoms with van der Waals surface area (Å²) in [4.78, 5) is 16.3. The topological polar surface area (TPSA) is 48.4 Å². The van der Waals surface area contributed by atoms with Crippen LogP contribution in [0.2, 0.25) is 0 Å². The first-order valence-electron chi connectivity index (χ1n) is 7.18. The van der Waals surface area contributed by atoms with Crippen LogP contribution in [0.25, 0.3) is 10.6 Å². The second-order valence-electron chi connectivity index (χ2n) is 4.93. The van der Waals surface area contributed by atoms with Crippen LogP contribution in [-0.2, 0) is 11.3 Å². The van der Waals surface area contributed by atoms with Gasteiger partial charge in [0.2, 0.25) is 0 Å². The average molecular weight is 343 g/mol. The average Bonchev–Trinajstić information content (AvgIpc) is 3.09. The van der Waals surface area contributed by atoms with E-state index < -0.39 is 11.8 Å². The zero-order valence-corrected chi connectivity index (χ0v) is 13.7. The van der Waals surface area contributed by atoms with Gasteiger partial charge in [-0.25, -0.2) is 14.2 Å². The minimum absolute atomic E-state index is 0.000176. The SMILES string of the molecule is COc1ccc(-c2nc(COC(=O)c3ccccc3F)cs2)cc1. The van der Waals surface area contributed by atoms with Crippen molar-refractivity contribution < 1.29 is 18.7 Å². The fraction of sp³-hybridized carbons (Fsp3) is 0.111. The smallest absolute Gasteiger partial charge is 0.341 e. The first-order chi connectivity index (χ1) is 11.7. The van der Waals surface area contributed by atoms with Crippen molar-refractivity contribution >= 4 is 17.3 Å². The molecule has 2 aromatic carbocycles. The minimum atomic E-state index is -0.702. The predicted octanol–water partition coefficient (Wildman–Crippen LogP) is 4.31. The summed E-state index contributed by atoms with van der Waals surface area (Å²) >= 11 is 1.45. The van der Waals surface area contributed by atoms with Crippen molar-refractivity contribution in [2.45, 2.75) is 6.61 Å². The van der Waals surface area contributed by atoms with Crippen LogP contribution < -0.4 is 4.74 Å². The van der Waals surface area contributed by atoms with Crippen molar-refractivity contribution in [2.75, 3.05) is 7.11 Å². The summed E-state index contributed by atoms with van der Waals surface area (Å²) < 4.78 is 23.8. The standard InChI is InChI=1S/C18H14FNO3S/c1-22-14-8-6-12(7-9-14)17-20-13(11-24-17)10-23-18(21)15-4-2-3-5-16(15)19/h2-9,11H,10H2,1H3. The number of carbonyl (C=O) groups excluding carboxylic acids is 1. The van der Waals surface area contributed by atoms with Gasteiger partial charge in [-0.15, -0.1) is 11.3 Å². The molecule has 0 bridgehead atoms. The molecule has 0 amide bonds. The quantitative estimate of drug-likeness (QED) is 0.648. The van der Waals surface area contributed by atoms with Gasteiger partial charge in [0.1, 0.15) is 23.2 Å². The number of hydrogen-bond donors (Lipinski definition) is 0. The number of benzene rings is 2. The van der Waals surface area contributed by atoms with Crippen molar-refractivity contribution in [3.63, 3.8) is 0 Å². The van der Waals surface area contributed by atoms with Crippen LogP contribution in [0.4, 0.5) is 4.39 Å². The second-order valence-corrected chi connectivity index (χ2v) is 5.79. The summed E-state index contributed by atoms with van der Waals surface area (Å²) in [6, 6.07) is 13.3. The zero-order chi connectivity index (χ0) is 16.9. The molecule has 4 nitrogen and oxygen atoms in total. The van der Waals surface area contributed by atoms with Gasteiger partial charge in [-0.2, -0.15) is 0 Å². The van der Waals surface area contributed by atoms with Crippen LogP contribution in [0.3, 0.4) is 0 Å². The van der Waals surface area contributed by atoms with Crippen LogP contribution in [0.1, 0.15) is 16.1 Å². The lowest BCUT2D eigenvalue weighted by Crippen LogP contribution is -2.07. The number of aromatic nitrogens is 1. The van der Waals surface area contributed by atoms with Gasteiger partial charge in [-0.05, 0) is 36.4 Å². The van der Waals surface area contributed by atoms with E-state index in [0.29, 0.717) is 5.69 Å². The van der Waals surface area contributed by atoms with Gasteiger partial charge in [0.25, 0.3) is 0 Å². The van der Waals surface area contributed by atoms with Crippen LogP contribution in [0, 0.1) is 5.82 Å². The van der Waals surface area contributed by atoms with E-state index in [4.69, 9.17) is 9.47 Å². The molecule has 1 aromatic heterocycles. The lowest BCUT2D eigenvalue weighted by molar-refractivity contribution is 0.0463. The molecule has 0 saturated heterocycles. The molecule has 0 N–H and O–H groups in total. The van der Waals surface area contributed by atoms with E-state index >= 15 is 0 Å². The zero-order valence-electron chi connectivity index (χ0n) is 12.9. The van der Waals surface area contributed by atoms with E-state index in [2.05, 4.69) is 4.98 Å². The Morgan fingerprint density at radius 3 is 2.62 bits per heavy atom. The number of thiazole rings is 1. The Balaban J connectivity index is 1.66. The molecular formula is C18H14FNO3S. The lowest BCUT2D eigenvalue weighted by Gasteiger charge is -2.03. The fourth-order valence-corrected chi connectivity index (χ4v) is 2.89. The molecule has 0 atom stereocenters. The van der Waals surface area contributed by atoms with Gasteiger partial charge >= 0.3 is 5.97 Å². The molecule has 122 valence electrons. The van der Waals surface area contributed by atoms with Gasteiger partial charge < -0.3 is 9.47 Å². The molecule has 24 heavy (non-hydrogen) atoms. The number of esters is 1. The predicted molar refractivity (Wildman–Crippen MR) is 89.6 cm³/mol. The number of ether oxygens (including phenoxy) is 2. The molecule has 6 heteroatoms. The third kappa shape index (κ3) is 3.60. The van der Waals surface area contributed by atoms with E-state index in [1.54, 1.807) is 13.2 Å². The number of halogens is 1. The minimum Gasteiger partial charge on any atom is -0.497 e. The van der Waals surface area contributed by atoms with Crippen LogP contribution >= 0.6 is 11.3 Å². The molecule has 0 aliphatic rings. The second kappa shape index (κ2) is 7.23. The number of hydrogen-bond acceptors (Lipinski definition) is 5. The number of methoxy groups -OCH3 is 1. The van der Waals surface area contributed by atoms with E-state index in [-0.39, 0.29) is 12.2 Å². The van der Waals surface area contributed by atoms with E-state index in [0.717, 1.165) is 16.3 Å². The summed E-state index contributed by atoms with van der Waals surface area (Å²) in [5.74, 6) is -0.527. The summed E-state index contributed by atoms with van der Waals surface area (Å²) in [6.07, 6.45) is 0. The lowest BCUT2D eigenvalue weighted by atomic mass is 10.2. The maximum absolute atomic E-state index is 13.5. The van der Waals surface area contributed by atoms with E-state index in [1.807, 2.05) is 29.6 Å². The Hall–Kier alpha value is -2.73. The highest BCUT2D eigenvalue weighted by molar-refractivity contribution is 7.13. The molecule has 0 aliphatic heterocycles. The third-order valence-corrected chi connectivity index (χ3v) is 4.27. The summed E-state index contributed by atoms with van der Waals surface area (Å²) in [6.45, 7) is -0.000176. The molecule has 0 unspecified atom stereocenters. The van der Waals surface area contributed by atoms with Crippen LogP contribution in [-0.4, -0.2) is 18.1 Å². The molecule has 0 saturated carbocycles. The van der Waals surface area contributed by atoms with Crippen LogP contribution in [0.5, 0.6) is 5.75 Å². The highest BCUT2D eigenvalue weighted by atomic mass is 32.1. The monoisotopic (exact) mass is 343 g/mol. The molecule has 3 rings (SSSR count). The largest absolute Gasteiger partial charge is 0.497 e. The molecule has 0 aliphatic carbocycles. The number of carbonyl (C=O) groups is 1. The highest BCUT2D eigenvalue weighted by Gasteiger charge is 2.13. The summed E-state index contributed by atoms with van der Waals surface area (Å²) in [7, 11) is 1.61. The van der Waals surface area contributed by atoms with Gasteiger partial charge in [0, 0.05) is 10.9 Å². The van der Waals surface area contributed by atoms with E-state index in [9.17, 15) is 9.18 Å². The molecule has 1 heterocycles. The number of rotatable bonds is 5. The van der Waals surface area contributed by atoms with E-state index in [1.165, 1.54) is 29.5 Å². The van der Waals surface area contributed by atoms with Crippen molar-refractivity contribution in [3.05, 3.63) is 71.0 Å². The van der Waals surface area contributed by atoms with Gasteiger partial charge in [0.05, 0.1) is 18.4 Å². The van der Waals surface area contributed by atoms with Crippen molar-refractivity contribution in [3.8, 4) is 16.3 Å². The Labute approximate surface area is 142 Å². The van der Waals surface area contributed by atoms with Crippen LogP contribution in [0.15, 0.2) is 53.9 Å². The first kappa shape index (κ1) is 16.1. The number of nitrogens with zero attached hydrogens (tertiary/aromatic N) is 1. The Bertz CT molecular complexity index is 845. The van der Waals surface area contributed by atoms with Gasteiger partial charge in [0.15, 0.2) is 0 Å². The van der Waals surface area contributed by atoms with Crippen molar-refractivity contribution in [1.29, 1.82) is 0 Å². The maximum atomic E-state index is 13.5. The Morgan fingerprint density at radius 1 is 1.17 bits per heavy atom. The van der Waals surface area contributed by atoms with Gasteiger partial charge in [-0.3, -0.25) is 0 Å². The molecule has 3 aromatic rings. The molecule has 0 fully saturated rings. The highest BCUT2D eigenvalue weighted by Crippen LogP contribution is 2.26. The summed E-state index contributed by atoms with van der Waals surface area (Å²) in [5, 5.41) is 2.63. The Kier molecular flexibility index (Phi) is 4.86. The van der Waals surface area contributed by atoms with Crippen molar-refractivity contribution in [2.24, 2.45) is 0 Å². The maximum Gasteiger partial charge on any atom is 0.341 e. The fourth-order valence-electron chi connectivity index (χ4n) is 2.08. The van der Waals surface area contributed by atoms with Crippen molar-refractivity contribution in [1.82, 2.24) is 4.98 Å². The molecule has 0 spiro atoms.